The molecule has 0 saturated heterocycles. The van der Waals surface area contributed by atoms with Gasteiger partial charge < -0.3 is 14.8 Å². The van der Waals surface area contributed by atoms with Gasteiger partial charge in [-0.1, -0.05) is 12.1 Å². The maximum absolute atomic E-state index is 12.9. The minimum Gasteiger partial charge on any atom is -0.486 e. The zero-order valence-electron chi connectivity index (χ0n) is 18.7. The van der Waals surface area contributed by atoms with E-state index in [1.54, 1.807) is 25.1 Å². The van der Waals surface area contributed by atoms with Gasteiger partial charge in [-0.15, -0.1) is 0 Å². The Bertz CT molecular complexity index is 1080. The molecule has 1 aliphatic heterocycles. The number of carbonyl (C=O) groups is 1. The molecule has 7 nitrogen and oxygen atoms in total. The van der Waals surface area contributed by atoms with Gasteiger partial charge in [0, 0.05) is 6.07 Å². The topological polar surface area (TPSA) is 84.9 Å². The Labute approximate surface area is 184 Å². The molecule has 2 aromatic carbocycles. The van der Waals surface area contributed by atoms with E-state index in [0.717, 1.165) is 21.0 Å². The van der Waals surface area contributed by atoms with E-state index < -0.39 is 10.0 Å². The second kappa shape index (κ2) is 9.18. The van der Waals surface area contributed by atoms with E-state index in [9.17, 15) is 13.2 Å². The van der Waals surface area contributed by atoms with Crippen molar-refractivity contribution in [1.29, 1.82) is 0 Å². The number of nitrogens with zero attached hydrogens (tertiary/aromatic N) is 1. The molecule has 0 unspecified atom stereocenters. The van der Waals surface area contributed by atoms with Gasteiger partial charge in [-0.25, -0.2) is 8.42 Å². The first kappa shape index (κ1) is 22.9. The van der Waals surface area contributed by atoms with Crippen LogP contribution >= 0.6 is 0 Å². The third-order valence-electron chi connectivity index (χ3n) is 5.53. The van der Waals surface area contributed by atoms with Gasteiger partial charge in [0.25, 0.3) is 0 Å². The standard InChI is InChI=1S/C23H30N2O5S/c1-6-31(27,28)25(19-7-8-21-22(13-19)30-10-9-29-21)14-23(26)24-18(5)20-12-16(3)15(2)11-17(20)4/h7-8,11-13,18H,6,9-10,14H2,1-5H3,(H,24,26)/t18-/m1/s1. The van der Waals surface area contributed by atoms with E-state index in [2.05, 4.69) is 24.4 Å². The van der Waals surface area contributed by atoms with Crippen molar-refractivity contribution in [2.24, 2.45) is 0 Å². The molecule has 0 radical (unpaired) electrons. The van der Waals surface area contributed by atoms with Crippen molar-refractivity contribution >= 4 is 21.6 Å². The molecule has 1 aliphatic rings. The summed E-state index contributed by atoms with van der Waals surface area (Å²) in [5.41, 5.74) is 4.81. The normalized spacial score (nSPS) is 14.1. The molecule has 3 rings (SSSR count). The summed E-state index contributed by atoms with van der Waals surface area (Å²) in [7, 11) is -3.68. The average Bonchev–Trinajstić information content (AvgIpc) is 2.74. The van der Waals surface area contributed by atoms with Gasteiger partial charge in [0.15, 0.2) is 11.5 Å². The minimum absolute atomic E-state index is 0.124. The Morgan fingerprint density at radius 2 is 1.68 bits per heavy atom. The molecule has 0 aliphatic carbocycles. The summed E-state index contributed by atoms with van der Waals surface area (Å²) >= 11 is 0. The van der Waals surface area contributed by atoms with Gasteiger partial charge in [0.05, 0.1) is 17.5 Å². The number of ether oxygens (including phenoxy) is 2. The predicted octanol–water partition coefficient (Wildman–Crippen LogP) is 3.42. The SMILES string of the molecule is CCS(=O)(=O)N(CC(=O)N[C@H](C)c1cc(C)c(C)cc1C)c1ccc2c(c1)OCCO2. The first-order valence-electron chi connectivity index (χ1n) is 10.4. The van der Waals surface area contributed by atoms with Crippen LogP contribution in [0.15, 0.2) is 30.3 Å². The highest BCUT2D eigenvalue weighted by Gasteiger charge is 2.26. The number of sulfonamides is 1. The van der Waals surface area contributed by atoms with Crippen LogP contribution in [0.5, 0.6) is 11.5 Å². The van der Waals surface area contributed by atoms with Gasteiger partial charge in [-0.2, -0.15) is 0 Å². The lowest BCUT2D eigenvalue weighted by molar-refractivity contribution is -0.120. The number of fused-ring (bicyclic) bond motifs is 1. The van der Waals surface area contributed by atoms with Crippen LogP contribution in [0.2, 0.25) is 0 Å². The summed E-state index contributed by atoms with van der Waals surface area (Å²) in [5, 5.41) is 2.94. The molecule has 1 atom stereocenters. The number of hydrogen-bond acceptors (Lipinski definition) is 5. The lowest BCUT2D eigenvalue weighted by Gasteiger charge is -2.26. The van der Waals surface area contributed by atoms with Crippen LogP contribution < -0.4 is 19.1 Å². The van der Waals surface area contributed by atoms with Crippen LogP contribution in [-0.2, 0) is 14.8 Å². The predicted molar refractivity (Wildman–Crippen MR) is 121 cm³/mol. The van der Waals surface area contributed by atoms with Crippen LogP contribution in [-0.4, -0.2) is 39.8 Å². The molecule has 31 heavy (non-hydrogen) atoms. The number of carbonyl (C=O) groups excluding carboxylic acids is 1. The van der Waals surface area contributed by atoms with E-state index in [-0.39, 0.29) is 24.2 Å². The van der Waals surface area contributed by atoms with Crippen LogP contribution in [0.1, 0.15) is 42.1 Å². The van der Waals surface area contributed by atoms with Crippen molar-refractivity contribution in [2.75, 3.05) is 29.8 Å². The van der Waals surface area contributed by atoms with E-state index in [4.69, 9.17) is 9.47 Å². The third kappa shape index (κ3) is 5.12. The molecule has 0 saturated carbocycles. The van der Waals surface area contributed by atoms with Crippen LogP contribution in [0.25, 0.3) is 0 Å². The highest BCUT2D eigenvalue weighted by Crippen LogP contribution is 2.35. The van der Waals surface area contributed by atoms with Crippen molar-refractivity contribution in [2.45, 2.75) is 40.7 Å². The van der Waals surface area contributed by atoms with E-state index in [1.807, 2.05) is 20.8 Å². The molecule has 2 aromatic rings. The molecule has 168 valence electrons. The maximum atomic E-state index is 12.9. The molecular weight excluding hydrogens is 416 g/mol. The molecule has 1 heterocycles. The van der Waals surface area contributed by atoms with E-state index in [0.29, 0.717) is 30.4 Å². The number of amides is 1. The Hall–Kier alpha value is -2.74. The van der Waals surface area contributed by atoms with Gasteiger partial charge >= 0.3 is 0 Å². The maximum Gasteiger partial charge on any atom is 0.241 e. The van der Waals surface area contributed by atoms with Crippen molar-refractivity contribution in [1.82, 2.24) is 5.32 Å². The lowest BCUT2D eigenvalue weighted by atomic mass is 9.96. The van der Waals surface area contributed by atoms with Gasteiger partial charge in [-0.05, 0) is 69.0 Å². The van der Waals surface area contributed by atoms with Crippen LogP contribution in [0.4, 0.5) is 5.69 Å². The molecule has 0 bridgehead atoms. The Morgan fingerprint density at radius 1 is 1.03 bits per heavy atom. The van der Waals surface area contributed by atoms with Crippen molar-refractivity contribution < 1.29 is 22.7 Å². The fraction of sp³-hybridized carbons (Fsp3) is 0.435. The number of hydrogen-bond donors (Lipinski definition) is 1. The molecule has 1 N–H and O–H groups in total. The zero-order valence-corrected chi connectivity index (χ0v) is 19.5. The van der Waals surface area contributed by atoms with Crippen LogP contribution in [0.3, 0.4) is 0 Å². The highest BCUT2D eigenvalue weighted by molar-refractivity contribution is 7.92. The third-order valence-corrected chi connectivity index (χ3v) is 7.27. The number of nitrogens with one attached hydrogen (secondary N) is 1. The Kier molecular flexibility index (Phi) is 6.79. The summed E-state index contributed by atoms with van der Waals surface area (Å²) in [6.45, 7) is 10.1. The van der Waals surface area contributed by atoms with E-state index in [1.165, 1.54) is 5.56 Å². The minimum atomic E-state index is -3.68. The number of anilines is 1. The number of aryl methyl sites for hydroxylation is 3. The summed E-state index contributed by atoms with van der Waals surface area (Å²) in [6.07, 6.45) is 0. The Balaban J connectivity index is 1.82. The summed E-state index contributed by atoms with van der Waals surface area (Å²) in [6, 6.07) is 8.81. The summed E-state index contributed by atoms with van der Waals surface area (Å²) in [4.78, 5) is 12.9. The first-order chi connectivity index (χ1) is 14.6. The summed E-state index contributed by atoms with van der Waals surface area (Å²) in [5.74, 6) is 0.532. The van der Waals surface area contributed by atoms with Gasteiger partial charge in [-0.3, -0.25) is 9.10 Å². The molecule has 0 fully saturated rings. The highest BCUT2D eigenvalue weighted by atomic mass is 32.2. The fourth-order valence-electron chi connectivity index (χ4n) is 3.64. The summed E-state index contributed by atoms with van der Waals surface area (Å²) < 4.78 is 37.7. The van der Waals surface area contributed by atoms with Gasteiger partial charge in [0.1, 0.15) is 19.8 Å². The molecule has 8 heteroatoms. The number of benzene rings is 2. The monoisotopic (exact) mass is 446 g/mol. The van der Waals surface area contributed by atoms with Crippen molar-refractivity contribution in [3.05, 3.63) is 52.6 Å². The van der Waals surface area contributed by atoms with E-state index >= 15 is 0 Å². The number of rotatable bonds is 7. The average molecular weight is 447 g/mol. The zero-order chi connectivity index (χ0) is 22.8. The molecule has 1 amide bonds. The smallest absolute Gasteiger partial charge is 0.241 e. The second-order valence-corrected chi connectivity index (χ2v) is 10.00. The molecule has 0 spiro atoms. The Morgan fingerprint density at radius 3 is 2.35 bits per heavy atom. The fourth-order valence-corrected chi connectivity index (χ4v) is 4.70. The van der Waals surface area contributed by atoms with Crippen molar-refractivity contribution in [3.8, 4) is 11.5 Å². The quantitative estimate of drug-likeness (QED) is 0.705. The van der Waals surface area contributed by atoms with Crippen LogP contribution in [0, 0.1) is 20.8 Å². The molecule has 0 aromatic heterocycles. The second-order valence-electron chi connectivity index (χ2n) is 7.82. The van der Waals surface area contributed by atoms with Crippen molar-refractivity contribution in [3.63, 3.8) is 0 Å². The lowest BCUT2D eigenvalue weighted by Crippen LogP contribution is -2.42. The van der Waals surface area contributed by atoms with Gasteiger partial charge in [0.2, 0.25) is 15.9 Å². The first-order valence-corrected chi connectivity index (χ1v) is 12.0. The largest absolute Gasteiger partial charge is 0.486 e. The molecular formula is C23H30N2O5S.